The molecule has 8 nitrogen and oxygen atoms in total. The van der Waals surface area contributed by atoms with Gasteiger partial charge in [0.25, 0.3) is 0 Å². The number of benzene rings is 1. The Balaban J connectivity index is 1.44. The van der Waals surface area contributed by atoms with Crippen LogP contribution in [0.1, 0.15) is 43.7 Å². The molecule has 4 rings (SSSR count). The van der Waals surface area contributed by atoms with Gasteiger partial charge in [0.15, 0.2) is 0 Å². The zero-order valence-electron chi connectivity index (χ0n) is 16.8. The predicted octanol–water partition coefficient (Wildman–Crippen LogP) is 3.80. The molecule has 1 aliphatic heterocycles. The highest BCUT2D eigenvalue weighted by Gasteiger charge is 2.26. The number of piperidine rings is 1. The Morgan fingerprint density at radius 1 is 1.24 bits per heavy atom. The van der Waals surface area contributed by atoms with Gasteiger partial charge in [-0.2, -0.15) is 4.98 Å². The summed E-state index contributed by atoms with van der Waals surface area (Å²) in [5.41, 5.74) is 2.42. The van der Waals surface area contributed by atoms with Gasteiger partial charge in [-0.1, -0.05) is 31.2 Å². The van der Waals surface area contributed by atoms with E-state index in [2.05, 4.69) is 50.6 Å². The van der Waals surface area contributed by atoms with Crippen molar-refractivity contribution < 1.29 is 4.92 Å². The van der Waals surface area contributed by atoms with Crippen molar-refractivity contribution in [1.29, 1.82) is 0 Å². The minimum absolute atomic E-state index is 0.0814. The number of likely N-dealkylation sites (tertiary alicyclic amines) is 1. The Hall–Kier alpha value is -2.74. The maximum absolute atomic E-state index is 11.2. The number of nitro groups is 1. The fraction of sp³-hybridized carbons (Fsp3) is 0.524. The molecule has 1 saturated carbocycles. The van der Waals surface area contributed by atoms with Crippen molar-refractivity contribution in [2.45, 2.75) is 51.7 Å². The number of aromatic nitrogens is 2. The lowest BCUT2D eigenvalue weighted by molar-refractivity contribution is -0.384. The molecule has 8 heteroatoms. The van der Waals surface area contributed by atoms with E-state index in [1.54, 1.807) is 0 Å². The summed E-state index contributed by atoms with van der Waals surface area (Å²) >= 11 is 0. The van der Waals surface area contributed by atoms with Gasteiger partial charge >= 0.3 is 5.69 Å². The van der Waals surface area contributed by atoms with Gasteiger partial charge < -0.3 is 10.6 Å². The Kier molecular flexibility index (Phi) is 5.89. The van der Waals surface area contributed by atoms with Crippen LogP contribution in [0.25, 0.3) is 0 Å². The molecule has 1 aromatic carbocycles. The van der Waals surface area contributed by atoms with Gasteiger partial charge in [0.1, 0.15) is 6.20 Å². The molecular weight excluding hydrogens is 368 g/mol. The van der Waals surface area contributed by atoms with Crippen LogP contribution in [-0.2, 0) is 13.1 Å². The molecule has 0 radical (unpaired) electrons. The third-order valence-electron chi connectivity index (χ3n) is 5.57. The first-order valence-corrected chi connectivity index (χ1v) is 10.4. The third-order valence-corrected chi connectivity index (χ3v) is 5.57. The summed E-state index contributed by atoms with van der Waals surface area (Å²) in [6, 6.07) is 8.68. The second kappa shape index (κ2) is 8.73. The Morgan fingerprint density at radius 3 is 2.76 bits per heavy atom. The van der Waals surface area contributed by atoms with Crippen LogP contribution in [0.4, 0.5) is 17.5 Å². The lowest BCUT2D eigenvalue weighted by atomic mass is 9.99. The van der Waals surface area contributed by atoms with Crippen molar-refractivity contribution in [2.24, 2.45) is 5.92 Å². The van der Waals surface area contributed by atoms with E-state index in [1.807, 2.05) is 6.07 Å². The summed E-state index contributed by atoms with van der Waals surface area (Å²) < 4.78 is 0. The molecule has 1 saturated heterocycles. The maximum atomic E-state index is 11.2. The van der Waals surface area contributed by atoms with E-state index in [0.29, 0.717) is 18.3 Å². The van der Waals surface area contributed by atoms with Crippen LogP contribution in [0.15, 0.2) is 30.5 Å². The topological polar surface area (TPSA) is 96.2 Å². The largest absolute Gasteiger partial charge is 0.361 e. The summed E-state index contributed by atoms with van der Waals surface area (Å²) in [5.74, 6) is 1.45. The van der Waals surface area contributed by atoms with Crippen molar-refractivity contribution in [3.63, 3.8) is 0 Å². The van der Waals surface area contributed by atoms with E-state index in [-0.39, 0.29) is 11.7 Å². The molecule has 2 heterocycles. The Labute approximate surface area is 170 Å². The van der Waals surface area contributed by atoms with Crippen molar-refractivity contribution in [3.05, 3.63) is 51.7 Å². The first kappa shape index (κ1) is 19.6. The average Bonchev–Trinajstić information content (AvgIpc) is 3.51. The van der Waals surface area contributed by atoms with E-state index >= 15 is 0 Å². The zero-order valence-corrected chi connectivity index (χ0v) is 16.8. The summed E-state index contributed by atoms with van der Waals surface area (Å²) in [7, 11) is 0. The van der Waals surface area contributed by atoms with Gasteiger partial charge in [-0.25, -0.2) is 4.98 Å². The normalized spacial score (nSPS) is 19.7. The van der Waals surface area contributed by atoms with Crippen LogP contribution in [0.2, 0.25) is 0 Å². The predicted molar refractivity (Wildman–Crippen MR) is 113 cm³/mol. The van der Waals surface area contributed by atoms with Gasteiger partial charge in [-0.05, 0) is 49.3 Å². The lowest BCUT2D eigenvalue weighted by Crippen LogP contribution is -2.34. The number of nitrogens with one attached hydrogen (secondary N) is 2. The molecule has 2 aliphatic rings. The van der Waals surface area contributed by atoms with E-state index < -0.39 is 4.92 Å². The molecule has 29 heavy (non-hydrogen) atoms. The van der Waals surface area contributed by atoms with E-state index in [0.717, 1.165) is 38.4 Å². The van der Waals surface area contributed by atoms with Gasteiger partial charge in [-0.3, -0.25) is 15.0 Å². The van der Waals surface area contributed by atoms with E-state index in [4.69, 9.17) is 0 Å². The molecular formula is C21H28N6O2. The first-order chi connectivity index (χ1) is 14.1. The smallest absolute Gasteiger partial charge is 0.329 e. The van der Waals surface area contributed by atoms with Crippen LogP contribution in [-0.4, -0.2) is 38.9 Å². The van der Waals surface area contributed by atoms with Crippen molar-refractivity contribution in [2.75, 3.05) is 23.7 Å². The highest BCUT2D eigenvalue weighted by molar-refractivity contribution is 5.58. The summed E-state index contributed by atoms with van der Waals surface area (Å²) in [5, 5.41) is 17.6. The van der Waals surface area contributed by atoms with E-state index in [9.17, 15) is 10.1 Å². The molecule has 1 aliphatic carbocycles. The Morgan fingerprint density at radius 2 is 2.03 bits per heavy atom. The van der Waals surface area contributed by atoms with Gasteiger partial charge in [0.05, 0.1) is 4.92 Å². The fourth-order valence-electron chi connectivity index (χ4n) is 3.85. The molecule has 1 unspecified atom stereocenters. The second-order valence-corrected chi connectivity index (χ2v) is 8.21. The maximum Gasteiger partial charge on any atom is 0.329 e. The molecule has 0 amide bonds. The quantitative estimate of drug-likeness (QED) is 0.517. The zero-order chi connectivity index (χ0) is 20.2. The highest BCUT2D eigenvalue weighted by atomic mass is 16.6. The number of hydrogen-bond acceptors (Lipinski definition) is 7. The van der Waals surface area contributed by atoms with Crippen LogP contribution < -0.4 is 10.6 Å². The van der Waals surface area contributed by atoms with Crippen molar-refractivity contribution in [1.82, 2.24) is 14.9 Å². The number of nitrogens with zero attached hydrogens (tertiary/aromatic N) is 4. The standard InChI is InChI=1S/C21H28N6O2/c1-15-5-4-10-26(13-15)14-17-7-3-2-6-16(17)11-22-21-23-12-19(27(28)29)20(25-21)24-18-8-9-18/h2-3,6-7,12,15,18H,4-5,8-11,13-14H2,1H3,(H2,22,23,24,25). The molecule has 154 valence electrons. The number of hydrogen-bond donors (Lipinski definition) is 2. The number of rotatable bonds is 8. The average molecular weight is 396 g/mol. The van der Waals surface area contributed by atoms with Gasteiger partial charge in [0.2, 0.25) is 11.8 Å². The van der Waals surface area contributed by atoms with Crippen LogP contribution >= 0.6 is 0 Å². The minimum atomic E-state index is -0.441. The first-order valence-electron chi connectivity index (χ1n) is 10.4. The summed E-state index contributed by atoms with van der Waals surface area (Å²) in [6.45, 7) is 6.13. The molecule has 0 bridgehead atoms. The monoisotopic (exact) mass is 396 g/mol. The molecule has 2 fully saturated rings. The third kappa shape index (κ3) is 5.20. The molecule has 0 spiro atoms. The second-order valence-electron chi connectivity index (χ2n) is 8.21. The number of anilines is 2. The summed E-state index contributed by atoms with van der Waals surface area (Å²) in [6.07, 6.45) is 5.89. The van der Waals surface area contributed by atoms with Crippen molar-refractivity contribution in [3.8, 4) is 0 Å². The van der Waals surface area contributed by atoms with Crippen LogP contribution in [0.3, 0.4) is 0 Å². The minimum Gasteiger partial charge on any atom is -0.361 e. The highest BCUT2D eigenvalue weighted by Crippen LogP contribution is 2.29. The van der Waals surface area contributed by atoms with E-state index in [1.165, 1.54) is 30.2 Å². The van der Waals surface area contributed by atoms with Crippen molar-refractivity contribution >= 4 is 17.5 Å². The molecule has 1 atom stereocenters. The van der Waals surface area contributed by atoms with Gasteiger partial charge in [-0.15, -0.1) is 0 Å². The van der Waals surface area contributed by atoms with Crippen LogP contribution in [0, 0.1) is 16.0 Å². The molecule has 1 aromatic heterocycles. The summed E-state index contributed by atoms with van der Waals surface area (Å²) in [4.78, 5) is 21.8. The fourth-order valence-corrected chi connectivity index (χ4v) is 3.85. The lowest BCUT2D eigenvalue weighted by Gasteiger charge is -2.31. The SMILES string of the molecule is CC1CCCN(Cc2ccccc2CNc2ncc([N+](=O)[O-])c(NC3CC3)n2)C1. The Bertz CT molecular complexity index is 870. The van der Waals surface area contributed by atoms with Gasteiger partial charge in [0, 0.05) is 25.7 Å². The molecule has 2 aromatic rings. The van der Waals surface area contributed by atoms with Crippen LogP contribution in [0.5, 0.6) is 0 Å². The molecule has 2 N–H and O–H groups in total.